The Labute approximate surface area is 162 Å². The number of aryl methyl sites for hydroxylation is 1. The van der Waals surface area contributed by atoms with Gasteiger partial charge in [0.15, 0.2) is 0 Å². The molecule has 5 nitrogen and oxygen atoms in total. The first-order valence-corrected chi connectivity index (χ1v) is 10.8. The highest BCUT2D eigenvalue weighted by Gasteiger charge is 2.27. The summed E-state index contributed by atoms with van der Waals surface area (Å²) in [6.07, 6.45) is 1.68. The topological polar surface area (TPSA) is 64.0 Å². The van der Waals surface area contributed by atoms with Gasteiger partial charge in [0.1, 0.15) is 4.21 Å². The van der Waals surface area contributed by atoms with Crippen molar-refractivity contribution in [1.82, 2.24) is 14.5 Å². The second-order valence-electron chi connectivity index (χ2n) is 6.40. The number of aromatic nitrogens is 2. The molecule has 0 unspecified atom stereocenters. The number of hydrogen-bond acceptors (Lipinski definition) is 4. The van der Waals surface area contributed by atoms with Gasteiger partial charge < -0.3 is 0 Å². The molecule has 0 saturated carbocycles. The molecule has 8 heteroatoms. The number of benzene rings is 1. The molecule has 0 saturated heterocycles. The average molecular weight is 410 g/mol. The molecule has 1 aromatic carbocycles. The highest BCUT2D eigenvalue weighted by atomic mass is 35.5. The van der Waals surface area contributed by atoms with E-state index < -0.39 is 16.1 Å². The molecule has 1 N–H and O–H groups in total. The predicted octanol–water partition coefficient (Wildman–Crippen LogP) is 4.57. The number of nitrogens with zero attached hydrogens (tertiary/aromatic N) is 2. The molecule has 2 aromatic heterocycles. The molecule has 0 aliphatic rings. The van der Waals surface area contributed by atoms with Crippen LogP contribution in [0.1, 0.15) is 31.1 Å². The maximum Gasteiger partial charge on any atom is 0.250 e. The number of rotatable bonds is 6. The van der Waals surface area contributed by atoms with Gasteiger partial charge in [-0.2, -0.15) is 5.10 Å². The van der Waals surface area contributed by atoms with Crippen LogP contribution < -0.4 is 4.72 Å². The fraction of sp³-hybridized carbons (Fsp3) is 0.278. The van der Waals surface area contributed by atoms with Crippen molar-refractivity contribution in [2.75, 3.05) is 0 Å². The van der Waals surface area contributed by atoms with Crippen molar-refractivity contribution >= 4 is 33.0 Å². The third-order valence-electron chi connectivity index (χ3n) is 4.03. The lowest BCUT2D eigenvalue weighted by molar-refractivity contribution is 0.446. The third-order valence-corrected chi connectivity index (χ3v) is 7.20. The van der Waals surface area contributed by atoms with Crippen molar-refractivity contribution in [3.05, 3.63) is 64.3 Å². The van der Waals surface area contributed by atoms with E-state index in [-0.39, 0.29) is 10.1 Å². The second-order valence-corrected chi connectivity index (χ2v) is 10.1. The zero-order chi connectivity index (χ0) is 18.9. The first-order chi connectivity index (χ1) is 12.3. The van der Waals surface area contributed by atoms with Crippen LogP contribution in [-0.4, -0.2) is 18.2 Å². The van der Waals surface area contributed by atoms with Crippen LogP contribution in [0.25, 0.3) is 5.69 Å². The van der Waals surface area contributed by atoms with E-state index in [1.807, 2.05) is 51.1 Å². The van der Waals surface area contributed by atoms with Gasteiger partial charge in [0.05, 0.1) is 21.8 Å². The van der Waals surface area contributed by atoms with Crippen molar-refractivity contribution in [3.8, 4) is 5.69 Å². The van der Waals surface area contributed by atoms with Crippen LogP contribution in [0.3, 0.4) is 0 Å². The van der Waals surface area contributed by atoms with Crippen molar-refractivity contribution in [3.63, 3.8) is 0 Å². The van der Waals surface area contributed by atoms with E-state index in [9.17, 15) is 8.42 Å². The van der Waals surface area contributed by atoms with Crippen LogP contribution in [-0.2, 0) is 10.0 Å². The van der Waals surface area contributed by atoms with Crippen molar-refractivity contribution in [2.24, 2.45) is 5.92 Å². The molecule has 3 aromatic rings. The first-order valence-electron chi connectivity index (χ1n) is 8.16. The molecule has 3 rings (SSSR count). The highest BCUT2D eigenvalue weighted by molar-refractivity contribution is 7.91. The van der Waals surface area contributed by atoms with Gasteiger partial charge in [-0.25, -0.2) is 17.8 Å². The molecular formula is C18H20ClN3O2S2. The Kier molecular flexibility index (Phi) is 5.53. The maximum absolute atomic E-state index is 12.8. The minimum absolute atomic E-state index is 0.0288. The van der Waals surface area contributed by atoms with Gasteiger partial charge in [0, 0.05) is 6.20 Å². The zero-order valence-corrected chi connectivity index (χ0v) is 17.1. The fourth-order valence-electron chi connectivity index (χ4n) is 2.66. The Balaban J connectivity index is 1.97. The van der Waals surface area contributed by atoms with E-state index in [4.69, 9.17) is 11.6 Å². The average Bonchev–Trinajstić information content (AvgIpc) is 3.22. The number of thiophene rings is 1. The van der Waals surface area contributed by atoms with Crippen molar-refractivity contribution in [2.45, 2.75) is 31.0 Å². The van der Waals surface area contributed by atoms with Gasteiger partial charge in [-0.1, -0.05) is 43.1 Å². The molecule has 1 atom stereocenters. The van der Waals surface area contributed by atoms with E-state index >= 15 is 0 Å². The number of sulfonamides is 1. The quantitative estimate of drug-likeness (QED) is 0.648. The second kappa shape index (κ2) is 7.52. The van der Waals surface area contributed by atoms with Gasteiger partial charge in [-0.15, -0.1) is 11.3 Å². The van der Waals surface area contributed by atoms with E-state index in [1.54, 1.807) is 16.9 Å². The number of nitrogens with one attached hydrogen (secondary N) is 1. The molecule has 138 valence electrons. The summed E-state index contributed by atoms with van der Waals surface area (Å²) in [5.74, 6) is 0.0288. The monoisotopic (exact) mass is 409 g/mol. The first kappa shape index (κ1) is 19.1. The Hall–Kier alpha value is -1.67. The molecule has 0 aliphatic heterocycles. The predicted molar refractivity (Wildman–Crippen MR) is 106 cm³/mol. The summed E-state index contributed by atoms with van der Waals surface area (Å²) < 4.78 is 30.7. The minimum atomic E-state index is -3.67. The Morgan fingerprint density at radius 3 is 2.38 bits per heavy atom. The summed E-state index contributed by atoms with van der Waals surface area (Å²) in [5, 5.41) is 4.39. The largest absolute Gasteiger partial charge is 0.250 e. The molecule has 0 amide bonds. The van der Waals surface area contributed by atoms with Gasteiger partial charge in [-0.05, 0) is 43.2 Å². The molecule has 0 radical (unpaired) electrons. The van der Waals surface area contributed by atoms with Crippen LogP contribution in [0.15, 0.2) is 52.9 Å². The van der Waals surface area contributed by atoms with Gasteiger partial charge in [0.25, 0.3) is 10.0 Å². The lowest BCUT2D eigenvalue weighted by Gasteiger charge is -2.23. The summed E-state index contributed by atoms with van der Waals surface area (Å²) in [5.41, 5.74) is 2.83. The van der Waals surface area contributed by atoms with Crippen LogP contribution >= 0.6 is 22.9 Å². The van der Waals surface area contributed by atoms with Crippen molar-refractivity contribution < 1.29 is 8.42 Å². The summed E-state index contributed by atoms with van der Waals surface area (Å²) in [7, 11) is -3.67. The Morgan fingerprint density at radius 2 is 1.81 bits per heavy atom. The van der Waals surface area contributed by atoms with Crippen molar-refractivity contribution in [1.29, 1.82) is 0 Å². The van der Waals surface area contributed by atoms with Crippen LogP contribution in [0.5, 0.6) is 0 Å². The molecule has 0 spiro atoms. The van der Waals surface area contributed by atoms with E-state index in [1.165, 1.54) is 6.07 Å². The minimum Gasteiger partial charge on any atom is -0.236 e. The zero-order valence-electron chi connectivity index (χ0n) is 14.7. The molecule has 0 fully saturated rings. The standard InChI is InChI=1S/C18H20ClN3O2S2/c1-12(2)18(21-26(23,24)17-9-8-16(19)25-17)15-10-11-20-22(15)14-6-4-13(3)5-7-14/h4-12,18,21H,1-3H3/t18-/m0/s1. The van der Waals surface area contributed by atoms with Crippen LogP contribution in [0.2, 0.25) is 4.34 Å². The smallest absolute Gasteiger partial charge is 0.236 e. The van der Waals surface area contributed by atoms with Gasteiger partial charge in [-0.3, -0.25) is 0 Å². The Morgan fingerprint density at radius 1 is 1.12 bits per heavy atom. The molecular weight excluding hydrogens is 390 g/mol. The van der Waals surface area contributed by atoms with E-state index in [0.717, 1.165) is 28.3 Å². The summed E-state index contributed by atoms with van der Waals surface area (Å²) in [6, 6.07) is 12.5. The summed E-state index contributed by atoms with van der Waals surface area (Å²) >= 11 is 6.94. The van der Waals surface area contributed by atoms with E-state index in [0.29, 0.717) is 4.34 Å². The molecule has 0 bridgehead atoms. The number of halogens is 1. The molecule has 0 aliphatic carbocycles. The lowest BCUT2D eigenvalue weighted by Crippen LogP contribution is -2.32. The summed E-state index contributed by atoms with van der Waals surface area (Å²) in [4.78, 5) is 0. The SMILES string of the molecule is Cc1ccc(-n2nccc2[C@@H](NS(=O)(=O)c2ccc(Cl)s2)C(C)C)cc1. The van der Waals surface area contributed by atoms with E-state index in [2.05, 4.69) is 9.82 Å². The van der Waals surface area contributed by atoms with Crippen LogP contribution in [0, 0.1) is 12.8 Å². The van der Waals surface area contributed by atoms with Gasteiger partial charge in [0.2, 0.25) is 0 Å². The fourth-order valence-corrected chi connectivity index (χ4v) is 5.51. The van der Waals surface area contributed by atoms with Gasteiger partial charge >= 0.3 is 0 Å². The number of hydrogen-bond donors (Lipinski definition) is 1. The maximum atomic E-state index is 12.8. The molecule has 26 heavy (non-hydrogen) atoms. The molecule has 2 heterocycles. The highest BCUT2D eigenvalue weighted by Crippen LogP contribution is 2.30. The third kappa shape index (κ3) is 4.01. The Bertz CT molecular complexity index is 992. The summed E-state index contributed by atoms with van der Waals surface area (Å²) in [6.45, 7) is 5.97. The van der Waals surface area contributed by atoms with Crippen LogP contribution in [0.4, 0.5) is 0 Å². The lowest BCUT2D eigenvalue weighted by atomic mass is 10.0. The normalized spacial score (nSPS) is 13.3.